The van der Waals surface area contributed by atoms with Crippen LogP contribution in [-0.4, -0.2) is 11.7 Å². The van der Waals surface area contributed by atoms with Crippen molar-refractivity contribution in [3.8, 4) is 0 Å². The minimum atomic E-state index is 0.235. The van der Waals surface area contributed by atoms with Crippen LogP contribution in [0.3, 0.4) is 0 Å². The van der Waals surface area contributed by atoms with Crippen molar-refractivity contribution in [2.24, 2.45) is 0 Å². The van der Waals surface area contributed by atoms with E-state index in [1.165, 1.54) is 15.6 Å². The van der Waals surface area contributed by atoms with Crippen molar-refractivity contribution in [1.82, 2.24) is 0 Å². The average Bonchev–Trinajstić information content (AvgIpc) is 2.44. The van der Waals surface area contributed by atoms with Gasteiger partial charge in [-0.15, -0.1) is 0 Å². The van der Waals surface area contributed by atoms with Crippen LogP contribution in [0.25, 0.3) is 6.08 Å². The maximum Gasteiger partial charge on any atom is 0.234 e. The molecule has 0 spiro atoms. The Morgan fingerprint density at radius 1 is 1.62 bits per heavy atom. The second-order valence-electron chi connectivity index (χ2n) is 3.25. The third-order valence-corrected chi connectivity index (χ3v) is 3.50. The first-order valence-corrected chi connectivity index (χ1v) is 5.44. The van der Waals surface area contributed by atoms with E-state index in [0.717, 1.165) is 19.4 Å². The van der Waals surface area contributed by atoms with Gasteiger partial charge < -0.3 is 5.11 Å². The molecule has 1 aromatic heterocycles. The Balaban J connectivity index is 2.43. The molecule has 0 atom stereocenters. The first-order valence-electron chi connectivity index (χ1n) is 4.62. The number of hydrogen-bond donors (Lipinski definition) is 1. The zero-order valence-electron chi connectivity index (χ0n) is 7.79. The molecular formula is C10H14NOS+. The van der Waals surface area contributed by atoms with Crippen LogP contribution in [-0.2, 0) is 13.0 Å². The second kappa shape index (κ2) is 3.60. The molecule has 3 heteroatoms. The molecule has 0 fully saturated rings. The number of thiazole rings is 1. The van der Waals surface area contributed by atoms with Crippen LogP contribution in [0.5, 0.6) is 0 Å². The van der Waals surface area contributed by atoms with Gasteiger partial charge in [0, 0.05) is 13.3 Å². The van der Waals surface area contributed by atoms with E-state index in [1.54, 1.807) is 0 Å². The highest BCUT2D eigenvalue weighted by molar-refractivity contribution is 7.12. The van der Waals surface area contributed by atoms with Crippen molar-refractivity contribution in [2.45, 2.75) is 26.3 Å². The molecule has 1 aromatic rings. The summed E-state index contributed by atoms with van der Waals surface area (Å²) in [4.78, 5) is 1.37. The number of nitrogens with zero attached hydrogens (tertiary/aromatic N) is 1. The first kappa shape index (κ1) is 8.91. The predicted molar refractivity (Wildman–Crippen MR) is 53.7 cm³/mol. The Kier molecular flexibility index (Phi) is 2.47. The molecule has 1 aliphatic rings. The maximum absolute atomic E-state index is 8.93. The lowest BCUT2D eigenvalue weighted by atomic mass is 10.1. The fraction of sp³-hybridized carbons (Fsp3) is 0.500. The summed E-state index contributed by atoms with van der Waals surface area (Å²) in [6, 6.07) is 0. The predicted octanol–water partition coefficient (Wildman–Crippen LogP) is 1.30. The van der Waals surface area contributed by atoms with Gasteiger partial charge >= 0.3 is 0 Å². The molecule has 0 amide bonds. The van der Waals surface area contributed by atoms with Gasteiger partial charge in [0.1, 0.15) is 6.61 Å². The largest absolute Gasteiger partial charge is 0.390 e. The highest BCUT2D eigenvalue weighted by Gasteiger charge is 2.22. The zero-order valence-corrected chi connectivity index (χ0v) is 8.60. The highest BCUT2D eigenvalue weighted by Crippen LogP contribution is 2.23. The summed E-state index contributed by atoms with van der Waals surface area (Å²) in [5.74, 6) is 0. The highest BCUT2D eigenvalue weighted by atomic mass is 32.1. The van der Waals surface area contributed by atoms with Gasteiger partial charge in [0.2, 0.25) is 5.01 Å². The van der Waals surface area contributed by atoms with Gasteiger partial charge in [-0.05, 0) is 12.5 Å². The molecule has 0 radical (unpaired) electrons. The Labute approximate surface area is 82.2 Å². The molecule has 2 nitrogen and oxygen atoms in total. The third-order valence-electron chi connectivity index (χ3n) is 2.39. The Hall–Kier alpha value is -0.670. The van der Waals surface area contributed by atoms with Gasteiger partial charge in [-0.1, -0.05) is 17.4 Å². The molecule has 2 rings (SSSR count). The van der Waals surface area contributed by atoms with Crippen LogP contribution in [0, 0.1) is 6.92 Å². The fourth-order valence-electron chi connectivity index (χ4n) is 1.79. The van der Waals surface area contributed by atoms with E-state index in [-0.39, 0.29) is 6.61 Å². The lowest BCUT2D eigenvalue weighted by Gasteiger charge is -2.01. The molecule has 0 aliphatic heterocycles. The van der Waals surface area contributed by atoms with E-state index in [0.29, 0.717) is 0 Å². The minimum Gasteiger partial charge on any atom is -0.390 e. The number of aromatic nitrogens is 1. The number of allylic oxidation sites excluding steroid dienone is 1. The first-order chi connectivity index (χ1) is 6.33. The van der Waals surface area contributed by atoms with Gasteiger partial charge in [-0.25, -0.2) is 0 Å². The summed E-state index contributed by atoms with van der Waals surface area (Å²) < 4.78 is 2.24. The lowest BCUT2D eigenvalue weighted by Crippen LogP contribution is -2.40. The van der Waals surface area contributed by atoms with Crippen molar-refractivity contribution in [1.29, 1.82) is 0 Å². The molecule has 70 valence electrons. The van der Waals surface area contributed by atoms with Crippen LogP contribution in [0.4, 0.5) is 0 Å². The molecule has 13 heavy (non-hydrogen) atoms. The van der Waals surface area contributed by atoms with Crippen molar-refractivity contribution in [3.63, 3.8) is 0 Å². The molecule has 0 unspecified atom stereocenters. The smallest absolute Gasteiger partial charge is 0.234 e. The number of aryl methyl sites for hydroxylation is 1. The molecule has 0 saturated carbocycles. The van der Waals surface area contributed by atoms with Gasteiger partial charge in [0.25, 0.3) is 0 Å². The number of hydrogen-bond acceptors (Lipinski definition) is 2. The van der Waals surface area contributed by atoms with E-state index in [2.05, 4.69) is 23.6 Å². The van der Waals surface area contributed by atoms with Crippen molar-refractivity contribution < 1.29 is 9.67 Å². The summed E-state index contributed by atoms with van der Waals surface area (Å²) in [6.07, 6.45) is 6.68. The van der Waals surface area contributed by atoms with Crippen LogP contribution in [0.2, 0.25) is 0 Å². The zero-order chi connectivity index (χ0) is 9.26. The molecule has 0 saturated heterocycles. The summed E-state index contributed by atoms with van der Waals surface area (Å²) in [7, 11) is 0. The van der Waals surface area contributed by atoms with Gasteiger partial charge in [-0.2, -0.15) is 4.57 Å². The number of fused-ring (bicyclic) bond motifs is 1. The van der Waals surface area contributed by atoms with Crippen molar-refractivity contribution in [2.75, 3.05) is 6.61 Å². The van der Waals surface area contributed by atoms with Gasteiger partial charge in [0.05, 0.1) is 4.88 Å². The number of aliphatic hydroxyl groups is 1. The van der Waals surface area contributed by atoms with E-state index >= 15 is 0 Å². The van der Waals surface area contributed by atoms with E-state index in [4.69, 9.17) is 5.11 Å². The topological polar surface area (TPSA) is 24.1 Å². The quantitative estimate of drug-likeness (QED) is 0.708. The lowest BCUT2D eigenvalue weighted by molar-refractivity contribution is -0.706. The Morgan fingerprint density at radius 3 is 3.23 bits per heavy atom. The van der Waals surface area contributed by atoms with E-state index in [1.807, 2.05) is 11.3 Å². The molecular weight excluding hydrogens is 182 g/mol. The average molecular weight is 196 g/mol. The summed E-state index contributed by atoms with van der Waals surface area (Å²) in [6.45, 7) is 3.09. The SMILES string of the molecule is Cc1sc2c([n+]1CCO)CCC=C2. The van der Waals surface area contributed by atoms with Crippen molar-refractivity contribution in [3.05, 3.63) is 21.7 Å². The summed E-state index contributed by atoms with van der Waals surface area (Å²) in [5, 5.41) is 10.2. The fourth-order valence-corrected chi connectivity index (χ4v) is 2.91. The molecule has 0 aromatic carbocycles. The van der Waals surface area contributed by atoms with Gasteiger partial charge in [0.15, 0.2) is 12.2 Å². The number of rotatable bonds is 2. The van der Waals surface area contributed by atoms with Crippen LogP contribution < -0.4 is 4.57 Å². The van der Waals surface area contributed by atoms with E-state index < -0.39 is 0 Å². The molecule has 1 N–H and O–H groups in total. The molecule has 0 bridgehead atoms. The second-order valence-corrected chi connectivity index (χ2v) is 4.48. The Bertz CT molecular complexity index is 341. The normalized spacial score (nSPS) is 14.6. The third kappa shape index (κ3) is 1.54. The molecule has 1 aliphatic carbocycles. The summed E-state index contributed by atoms with van der Waals surface area (Å²) in [5.41, 5.74) is 1.40. The van der Waals surface area contributed by atoms with E-state index in [9.17, 15) is 0 Å². The standard InChI is InChI=1S/C10H14NOS/c1-8-11(6-7-12)9-4-2-3-5-10(9)13-8/h3,5,12H,2,4,6-7H2,1H3/q+1. The van der Waals surface area contributed by atoms with Crippen LogP contribution in [0.15, 0.2) is 6.08 Å². The van der Waals surface area contributed by atoms with Crippen molar-refractivity contribution >= 4 is 17.4 Å². The summed E-state index contributed by atoms with van der Waals surface area (Å²) >= 11 is 1.82. The van der Waals surface area contributed by atoms with Gasteiger partial charge in [-0.3, -0.25) is 0 Å². The molecule has 1 heterocycles. The minimum absolute atomic E-state index is 0.235. The van der Waals surface area contributed by atoms with Crippen LogP contribution in [0.1, 0.15) is 22.0 Å². The number of aliphatic hydroxyl groups excluding tert-OH is 1. The monoisotopic (exact) mass is 196 g/mol. The van der Waals surface area contributed by atoms with Crippen LogP contribution >= 0.6 is 11.3 Å². The Morgan fingerprint density at radius 2 is 2.46 bits per heavy atom. The maximum atomic E-state index is 8.93.